The molecule has 9 heteroatoms. The van der Waals surface area contributed by atoms with Crippen LogP contribution in [0.15, 0.2) is 32.5 Å². The van der Waals surface area contributed by atoms with Gasteiger partial charge < -0.3 is 4.74 Å². The molecular formula is C10H6N2O6S. The van der Waals surface area contributed by atoms with Gasteiger partial charge in [-0.2, -0.15) is 13.4 Å². The van der Waals surface area contributed by atoms with Crippen LogP contribution in [-0.2, 0) is 24.3 Å². The standard InChI is InChI=1S/C10H6N2O6S/c1-18-10(15)8-3-2-7(11-5-13)4-9(8)19(16,17)12-6-14/h2-4H,1H3. The maximum absolute atomic E-state index is 11.7. The van der Waals surface area contributed by atoms with E-state index in [4.69, 9.17) is 0 Å². The van der Waals surface area contributed by atoms with Crippen molar-refractivity contribution in [3.8, 4) is 0 Å². The van der Waals surface area contributed by atoms with Crippen LogP contribution in [0, 0.1) is 0 Å². The van der Waals surface area contributed by atoms with Gasteiger partial charge in [0.25, 0.3) is 16.1 Å². The highest BCUT2D eigenvalue weighted by Gasteiger charge is 2.23. The predicted octanol–water partition coefficient (Wildman–Crippen LogP) is 0.465. The summed E-state index contributed by atoms with van der Waals surface area (Å²) in [7, 11) is -3.37. The average Bonchev–Trinajstić information content (AvgIpc) is 2.38. The number of sulfonamides is 1. The Kier molecular flexibility index (Phi) is 4.44. The molecule has 0 aromatic heterocycles. The molecule has 0 radical (unpaired) electrons. The summed E-state index contributed by atoms with van der Waals surface area (Å²) in [6.45, 7) is 0. The monoisotopic (exact) mass is 282 g/mol. The summed E-state index contributed by atoms with van der Waals surface area (Å²) in [4.78, 5) is 34.2. The zero-order valence-electron chi connectivity index (χ0n) is 9.48. The van der Waals surface area contributed by atoms with Gasteiger partial charge in [0.1, 0.15) is 4.90 Å². The highest BCUT2D eigenvalue weighted by Crippen LogP contribution is 2.24. The largest absolute Gasteiger partial charge is 0.465 e. The zero-order valence-corrected chi connectivity index (χ0v) is 10.3. The topological polar surface area (TPSA) is 119 Å². The van der Waals surface area contributed by atoms with Crippen molar-refractivity contribution in [3.05, 3.63) is 23.8 Å². The number of esters is 1. The van der Waals surface area contributed by atoms with Gasteiger partial charge in [0, 0.05) is 0 Å². The minimum absolute atomic E-state index is 0.0673. The highest BCUT2D eigenvalue weighted by molar-refractivity contribution is 7.90. The molecule has 0 aliphatic carbocycles. The molecule has 19 heavy (non-hydrogen) atoms. The first kappa shape index (κ1) is 14.5. The van der Waals surface area contributed by atoms with E-state index in [1.165, 1.54) is 12.1 Å². The maximum Gasteiger partial charge on any atom is 0.339 e. The molecule has 98 valence electrons. The summed E-state index contributed by atoms with van der Waals surface area (Å²) in [5.74, 6) is -0.943. The van der Waals surface area contributed by atoms with E-state index in [9.17, 15) is 22.8 Å². The van der Waals surface area contributed by atoms with Gasteiger partial charge in [0.05, 0.1) is 18.4 Å². The molecule has 0 fully saturated rings. The number of methoxy groups -OCH3 is 1. The van der Waals surface area contributed by atoms with Crippen molar-refractivity contribution < 1.29 is 27.5 Å². The van der Waals surface area contributed by atoms with Gasteiger partial charge in [-0.3, -0.25) is 0 Å². The molecule has 1 aromatic carbocycles. The lowest BCUT2D eigenvalue weighted by atomic mass is 10.2. The molecule has 8 nitrogen and oxygen atoms in total. The molecule has 1 aromatic rings. The fourth-order valence-electron chi connectivity index (χ4n) is 1.22. The number of carbonyl (C=O) groups excluding carboxylic acids is 3. The second-order valence-electron chi connectivity index (χ2n) is 3.03. The minimum atomic E-state index is -4.43. The Balaban J connectivity index is 3.64. The Morgan fingerprint density at radius 3 is 2.47 bits per heavy atom. The molecule has 0 bridgehead atoms. The molecule has 0 spiro atoms. The quantitative estimate of drug-likeness (QED) is 0.449. The molecule has 0 aliphatic heterocycles. The Morgan fingerprint density at radius 2 is 1.95 bits per heavy atom. The molecular weight excluding hydrogens is 276 g/mol. The van der Waals surface area contributed by atoms with E-state index in [1.807, 2.05) is 0 Å². The lowest BCUT2D eigenvalue weighted by molar-refractivity contribution is 0.0596. The first-order chi connectivity index (χ1) is 8.96. The van der Waals surface area contributed by atoms with E-state index in [0.717, 1.165) is 25.3 Å². The third-order valence-electron chi connectivity index (χ3n) is 1.98. The lowest BCUT2D eigenvalue weighted by Crippen LogP contribution is -2.09. The summed E-state index contributed by atoms with van der Waals surface area (Å²) in [6.07, 6.45) is 2.08. The fourth-order valence-corrected chi connectivity index (χ4v) is 2.12. The number of aliphatic imine (C=N–C) groups is 1. The van der Waals surface area contributed by atoms with Crippen LogP contribution in [0.4, 0.5) is 5.69 Å². The second kappa shape index (κ2) is 5.83. The number of benzene rings is 1. The third-order valence-corrected chi connectivity index (χ3v) is 3.19. The van der Waals surface area contributed by atoms with Crippen LogP contribution >= 0.6 is 0 Å². The number of carbonyl (C=O) groups is 1. The van der Waals surface area contributed by atoms with Crippen LogP contribution in [0.3, 0.4) is 0 Å². The van der Waals surface area contributed by atoms with E-state index in [0.29, 0.717) is 0 Å². The minimum Gasteiger partial charge on any atom is -0.465 e. The van der Waals surface area contributed by atoms with Gasteiger partial charge in [-0.15, -0.1) is 0 Å². The normalized spacial score (nSPS) is 9.95. The molecule has 0 amide bonds. The van der Waals surface area contributed by atoms with E-state index in [2.05, 4.69) is 14.1 Å². The van der Waals surface area contributed by atoms with Crippen molar-refractivity contribution in [1.29, 1.82) is 0 Å². The van der Waals surface area contributed by atoms with Crippen molar-refractivity contribution in [2.45, 2.75) is 4.90 Å². The average molecular weight is 282 g/mol. The molecule has 0 unspecified atom stereocenters. The van der Waals surface area contributed by atoms with Crippen LogP contribution in [0.5, 0.6) is 0 Å². The molecule has 0 saturated heterocycles. The van der Waals surface area contributed by atoms with Crippen molar-refractivity contribution in [1.82, 2.24) is 0 Å². The summed E-state index contributed by atoms with van der Waals surface area (Å²) >= 11 is 0. The van der Waals surface area contributed by atoms with Gasteiger partial charge in [-0.25, -0.2) is 14.4 Å². The fraction of sp³-hybridized carbons (Fsp3) is 0.100. The molecule has 0 aliphatic rings. The Bertz CT molecular complexity index is 712. The molecule has 0 heterocycles. The number of nitrogens with zero attached hydrogens (tertiary/aromatic N) is 2. The second-order valence-corrected chi connectivity index (χ2v) is 4.61. The Labute approximate surface area is 107 Å². The van der Waals surface area contributed by atoms with Gasteiger partial charge in [-0.1, -0.05) is 4.40 Å². The van der Waals surface area contributed by atoms with Crippen LogP contribution in [0.25, 0.3) is 0 Å². The summed E-state index contributed by atoms with van der Waals surface area (Å²) in [5.41, 5.74) is -0.409. The molecule has 0 N–H and O–H groups in total. The summed E-state index contributed by atoms with van der Waals surface area (Å²) in [6, 6.07) is 3.18. The van der Waals surface area contributed by atoms with Crippen LogP contribution in [-0.4, -0.2) is 33.7 Å². The van der Waals surface area contributed by atoms with Crippen LogP contribution < -0.4 is 0 Å². The SMILES string of the molecule is COC(=O)c1ccc(N=C=O)cc1S(=O)(=O)N=C=O. The maximum atomic E-state index is 11.7. The van der Waals surface area contributed by atoms with E-state index >= 15 is 0 Å². The summed E-state index contributed by atoms with van der Waals surface area (Å²) < 4.78 is 30.3. The number of hydrogen-bond acceptors (Lipinski definition) is 7. The highest BCUT2D eigenvalue weighted by atomic mass is 32.2. The lowest BCUT2D eigenvalue weighted by Gasteiger charge is -2.05. The van der Waals surface area contributed by atoms with Crippen molar-refractivity contribution in [2.24, 2.45) is 9.39 Å². The molecule has 1 rings (SSSR count). The first-order valence-electron chi connectivity index (χ1n) is 4.60. The number of ether oxygens (including phenoxy) is 1. The van der Waals surface area contributed by atoms with Crippen LogP contribution in [0.2, 0.25) is 0 Å². The Morgan fingerprint density at radius 1 is 1.26 bits per heavy atom. The molecule has 0 saturated carbocycles. The van der Waals surface area contributed by atoms with Crippen molar-refractivity contribution in [3.63, 3.8) is 0 Å². The van der Waals surface area contributed by atoms with Gasteiger partial charge in [-0.05, 0) is 18.2 Å². The number of rotatable bonds is 4. The van der Waals surface area contributed by atoms with E-state index < -0.39 is 20.9 Å². The number of isocyanates is 2. The smallest absolute Gasteiger partial charge is 0.339 e. The first-order valence-corrected chi connectivity index (χ1v) is 6.04. The van der Waals surface area contributed by atoms with Gasteiger partial charge in [0.15, 0.2) is 0 Å². The van der Waals surface area contributed by atoms with Crippen LogP contribution in [0.1, 0.15) is 10.4 Å². The van der Waals surface area contributed by atoms with E-state index in [-0.39, 0.29) is 11.3 Å². The zero-order chi connectivity index (χ0) is 14.5. The third kappa shape index (κ3) is 3.20. The Hall–Kier alpha value is -2.60. The molecule has 0 atom stereocenters. The predicted molar refractivity (Wildman–Crippen MR) is 60.9 cm³/mol. The summed E-state index contributed by atoms with van der Waals surface area (Å²) in [5, 5.41) is 0. The van der Waals surface area contributed by atoms with E-state index in [1.54, 1.807) is 0 Å². The van der Waals surface area contributed by atoms with Gasteiger partial charge in [0.2, 0.25) is 6.08 Å². The van der Waals surface area contributed by atoms with Crippen molar-refractivity contribution >= 4 is 33.8 Å². The van der Waals surface area contributed by atoms with Gasteiger partial charge >= 0.3 is 5.97 Å². The number of hydrogen-bond donors (Lipinski definition) is 0. The van der Waals surface area contributed by atoms with Crippen molar-refractivity contribution in [2.75, 3.05) is 7.11 Å².